The van der Waals surface area contributed by atoms with Gasteiger partial charge in [0.1, 0.15) is 11.3 Å². The van der Waals surface area contributed by atoms with Gasteiger partial charge in [0.2, 0.25) is 0 Å². The highest BCUT2D eigenvalue weighted by molar-refractivity contribution is 5.97. The lowest BCUT2D eigenvalue weighted by atomic mass is 9.93. The van der Waals surface area contributed by atoms with Crippen molar-refractivity contribution in [1.82, 2.24) is 15.0 Å². The maximum absolute atomic E-state index is 6.32. The van der Waals surface area contributed by atoms with Gasteiger partial charge in [-0.15, -0.1) is 0 Å². The first-order chi connectivity index (χ1) is 24.3. The lowest BCUT2D eigenvalue weighted by Crippen LogP contribution is -2.06. The molecule has 1 aliphatic carbocycles. The van der Waals surface area contributed by atoms with Crippen LogP contribution in [-0.2, 0) is 6.42 Å². The largest absolute Gasteiger partial charge is 0.460 e. The monoisotopic (exact) mass is 629 g/mol. The van der Waals surface area contributed by atoms with Crippen molar-refractivity contribution in [3.63, 3.8) is 0 Å². The second kappa shape index (κ2) is 12.3. The summed E-state index contributed by atoms with van der Waals surface area (Å²) >= 11 is 0. The summed E-state index contributed by atoms with van der Waals surface area (Å²) in [6.07, 6.45) is 3.96. The molecule has 49 heavy (non-hydrogen) atoms. The van der Waals surface area contributed by atoms with E-state index in [1.54, 1.807) is 0 Å². The highest BCUT2D eigenvalue weighted by atomic mass is 16.3. The van der Waals surface area contributed by atoms with E-state index >= 15 is 0 Å². The molecule has 2 aromatic heterocycles. The van der Waals surface area contributed by atoms with Crippen molar-refractivity contribution in [3.8, 4) is 56.2 Å². The third-order valence-corrected chi connectivity index (χ3v) is 9.21. The molecule has 0 aliphatic heterocycles. The molecule has 2 heterocycles. The Bertz CT molecular complexity index is 2480. The Labute approximate surface area is 285 Å². The van der Waals surface area contributed by atoms with Gasteiger partial charge in [0.25, 0.3) is 0 Å². The van der Waals surface area contributed by atoms with Gasteiger partial charge < -0.3 is 4.42 Å². The Morgan fingerprint density at radius 3 is 1.57 bits per heavy atom. The molecular weight excluding hydrogens is 599 g/mol. The van der Waals surface area contributed by atoms with Crippen LogP contribution in [-0.4, -0.2) is 15.0 Å². The number of aromatic nitrogens is 3. The fourth-order valence-corrected chi connectivity index (χ4v) is 6.76. The first kappa shape index (κ1) is 28.8. The van der Waals surface area contributed by atoms with Gasteiger partial charge in [0.05, 0.1) is 0 Å². The maximum atomic E-state index is 6.32. The number of furan rings is 1. The van der Waals surface area contributed by atoms with Crippen LogP contribution < -0.4 is 0 Å². The number of allylic oxidation sites excluding steroid dienone is 1. The number of benzene rings is 6. The van der Waals surface area contributed by atoms with Gasteiger partial charge in [0, 0.05) is 34.1 Å². The Hall–Kier alpha value is -6.39. The Morgan fingerprint density at radius 2 is 0.898 bits per heavy atom. The summed E-state index contributed by atoms with van der Waals surface area (Å²) < 4.78 is 6.32. The van der Waals surface area contributed by atoms with E-state index in [0.717, 1.165) is 74.1 Å². The minimum Gasteiger partial charge on any atom is -0.460 e. The summed E-state index contributed by atoms with van der Waals surface area (Å²) in [7, 11) is 0. The molecule has 232 valence electrons. The number of aryl methyl sites for hydroxylation is 1. The SMILES string of the molecule is C1=C(c2nc(-c3ccc(-c4cccc(-c5ccccc5)c4)cc3)nc(-c3cccc(-c4ccccc4)c3)n2)c2c(oc3ccccc23)CC1. The minimum absolute atomic E-state index is 0.635. The smallest absolute Gasteiger partial charge is 0.164 e. The van der Waals surface area contributed by atoms with E-state index < -0.39 is 0 Å². The zero-order valence-corrected chi connectivity index (χ0v) is 26.8. The molecule has 0 N–H and O–H groups in total. The standard InChI is InChI=1S/C45H31N3O/c1-3-12-30(13-4-1)34-16-9-17-35(28-34)32-24-26-33(27-25-32)43-46-44(37-19-10-18-36(29-37)31-14-5-2-6-15-31)48-45(47-43)39-21-11-23-41-42(39)38-20-7-8-22-40(38)49-41/h1-10,12-22,24-29H,11,23H2. The molecule has 6 aromatic carbocycles. The molecule has 4 heteroatoms. The van der Waals surface area contributed by atoms with Crippen LogP contribution >= 0.6 is 0 Å². The van der Waals surface area contributed by atoms with Crippen molar-refractivity contribution in [3.05, 3.63) is 181 Å². The zero-order chi connectivity index (χ0) is 32.6. The van der Waals surface area contributed by atoms with Crippen LogP contribution in [0.5, 0.6) is 0 Å². The van der Waals surface area contributed by atoms with E-state index in [1.807, 2.05) is 24.3 Å². The van der Waals surface area contributed by atoms with Crippen LogP contribution in [0, 0.1) is 0 Å². The number of hydrogen-bond acceptors (Lipinski definition) is 4. The molecule has 0 amide bonds. The highest BCUT2D eigenvalue weighted by Gasteiger charge is 2.25. The molecule has 0 saturated carbocycles. The van der Waals surface area contributed by atoms with Gasteiger partial charge in [-0.05, 0) is 58.0 Å². The third kappa shape index (κ3) is 5.53. The molecule has 9 rings (SSSR count). The lowest BCUT2D eigenvalue weighted by Gasteiger charge is -2.15. The molecule has 0 atom stereocenters. The van der Waals surface area contributed by atoms with E-state index in [1.165, 1.54) is 11.1 Å². The van der Waals surface area contributed by atoms with Crippen molar-refractivity contribution in [2.75, 3.05) is 0 Å². The molecule has 0 bridgehead atoms. The normalized spacial score (nSPS) is 12.4. The van der Waals surface area contributed by atoms with E-state index in [2.05, 4.69) is 140 Å². The topological polar surface area (TPSA) is 51.8 Å². The highest BCUT2D eigenvalue weighted by Crippen LogP contribution is 2.39. The average Bonchev–Trinajstić information content (AvgIpc) is 3.58. The lowest BCUT2D eigenvalue weighted by molar-refractivity contribution is 0.545. The van der Waals surface area contributed by atoms with Gasteiger partial charge in [-0.3, -0.25) is 0 Å². The van der Waals surface area contributed by atoms with Crippen LogP contribution in [0.2, 0.25) is 0 Å². The second-order valence-electron chi connectivity index (χ2n) is 12.3. The summed E-state index contributed by atoms with van der Waals surface area (Å²) in [5, 5.41) is 1.08. The second-order valence-corrected chi connectivity index (χ2v) is 12.3. The fraction of sp³-hybridized carbons (Fsp3) is 0.0444. The minimum atomic E-state index is 0.635. The quantitative estimate of drug-likeness (QED) is 0.184. The number of hydrogen-bond donors (Lipinski definition) is 0. The van der Waals surface area contributed by atoms with E-state index in [-0.39, 0.29) is 0 Å². The van der Waals surface area contributed by atoms with Gasteiger partial charge in [0.15, 0.2) is 17.5 Å². The van der Waals surface area contributed by atoms with Gasteiger partial charge >= 0.3 is 0 Å². The van der Waals surface area contributed by atoms with Crippen LogP contribution in [0.15, 0.2) is 168 Å². The molecule has 1 aliphatic rings. The molecule has 0 unspecified atom stereocenters. The van der Waals surface area contributed by atoms with E-state index in [4.69, 9.17) is 19.4 Å². The van der Waals surface area contributed by atoms with Crippen molar-refractivity contribution >= 4 is 16.5 Å². The van der Waals surface area contributed by atoms with Crippen molar-refractivity contribution in [1.29, 1.82) is 0 Å². The Balaban J connectivity index is 1.15. The van der Waals surface area contributed by atoms with Crippen LogP contribution in [0.3, 0.4) is 0 Å². The fourth-order valence-electron chi connectivity index (χ4n) is 6.76. The molecule has 0 saturated heterocycles. The van der Waals surface area contributed by atoms with Gasteiger partial charge in [-0.2, -0.15) is 0 Å². The van der Waals surface area contributed by atoms with Crippen LogP contribution in [0.1, 0.15) is 23.6 Å². The summed E-state index contributed by atoms with van der Waals surface area (Å²) in [5.41, 5.74) is 11.8. The average molecular weight is 630 g/mol. The molecule has 0 fully saturated rings. The number of para-hydroxylation sites is 1. The van der Waals surface area contributed by atoms with Crippen molar-refractivity contribution in [2.24, 2.45) is 0 Å². The van der Waals surface area contributed by atoms with Crippen LogP contribution in [0.25, 0.3) is 72.7 Å². The van der Waals surface area contributed by atoms with Crippen molar-refractivity contribution in [2.45, 2.75) is 12.8 Å². The van der Waals surface area contributed by atoms with E-state index in [0.29, 0.717) is 17.5 Å². The predicted molar refractivity (Wildman–Crippen MR) is 199 cm³/mol. The summed E-state index contributed by atoms with van der Waals surface area (Å²) in [6, 6.07) is 54.7. The van der Waals surface area contributed by atoms with E-state index in [9.17, 15) is 0 Å². The maximum Gasteiger partial charge on any atom is 0.164 e. The summed E-state index contributed by atoms with van der Waals surface area (Å²) in [5.74, 6) is 2.90. The Kier molecular flexibility index (Phi) is 7.25. The molecule has 4 nitrogen and oxygen atoms in total. The zero-order valence-electron chi connectivity index (χ0n) is 26.8. The predicted octanol–water partition coefficient (Wildman–Crippen LogP) is 11.3. The molecule has 0 radical (unpaired) electrons. The molecular formula is C45H31N3O. The summed E-state index contributed by atoms with van der Waals surface area (Å²) in [4.78, 5) is 15.4. The van der Waals surface area contributed by atoms with Crippen LogP contribution in [0.4, 0.5) is 0 Å². The number of nitrogens with zero attached hydrogens (tertiary/aromatic N) is 3. The first-order valence-corrected chi connectivity index (χ1v) is 16.7. The summed E-state index contributed by atoms with van der Waals surface area (Å²) in [6.45, 7) is 0. The van der Waals surface area contributed by atoms with Crippen molar-refractivity contribution < 1.29 is 4.42 Å². The number of rotatable bonds is 6. The van der Waals surface area contributed by atoms with Gasteiger partial charge in [-0.25, -0.2) is 15.0 Å². The molecule has 0 spiro atoms. The van der Waals surface area contributed by atoms with Gasteiger partial charge in [-0.1, -0.05) is 146 Å². The first-order valence-electron chi connectivity index (χ1n) is 16.7. The Morgan fingerprint density at radius 1 is 0.408 bits per heavy atom. The number of fused-ring (bicyclic) bond motifs is 3. The third-order valence-electron chi connectivity index (χ3n) is 9.21. The molecule has 8 aromatic rings.